The number of nitrogens with one attached hydrogen (secondary N) is 1. The van der Waals surface area contributed by atoms with Gasteiger partial charge in [-0.3, -0.25) is 4.79 Å². The van der Waals surface area contributed by atoms with Gasteiger partial charge in [0.1, 0.15) is 12.4 Å². The number of hydrogen-bond donors (Lipinski definition) is 1. The first-order valence-electron chi connectivity index (χ1n) is 8.48. The number of benzene rings is 2. The van der Waals surface area contributed by atoms with Crippen molar-refractivity contribution in [1.29, 1.82) is 0 Å². The molecule has 0 radical (unpaired) electrons. The number of carbonyl (C=O) groups excluding carboxylic acids is 1. The molecule has 0 spiro atoms. The molecule has 0 saturated heterocycles. The summed E-state index contributed by atoms with van der Waals surface area (Å²) >= 11 is 0. The fraction of sp³-hybridized carbons (Fsp3) is 0.263. The van der Waals surface area contributed by atoms with Gasteiger partial charge in [-0.15, -0.1) is 10.2 Å². The molecule has 1 aromatic heterocycles. The molecule has 0 aliphatic rings. The Morgan fingerprint density at radius 1 is 1.15 bits per heavy atom. The zero-order valence-corrected chi connectivity index (χ0v) is 14.7. The maximum atomic E-state index is 13.0. The Kier molecular flexibility index (Phi) is 5.36. The van der Waals surface area contributed by atoms with Gasteiger partial charge in [-0.2, -0.15) is 4.80 Å². The third-order valence-electron chi connectivity index (χ3n) is 4.22. The second-order valence-corrected chi connectivity index (χ2v) is 6.13. The van der Waals surface area contributed by atoms with Gasteiger partial charge in [-0.25, -0.2) is 4.39 Å². The highest BCUT2D eigenvalue weighted by Gasteiger charge is 2.10. The van der Waals surface area contributed by atoms with Crippen molar-refractivity contribution in [3.63, 3.8) is 0 Å². The van der Waals surface area contributed by atoms with Crippen LogP contribution >= 0.6 is 0 Å². The van der Waals surface area contributed by atoms with Gasteiger partial charge in [0.05, 0.1) is 0 Å². The van der Waals surface area contributed by atoms with Crippen molar-refractivity contribution < 1.29 is 9.18 Å². The zero-order valence-electron chi connectivity index (χ0n) is 14.7. The van der Waals surface area contributed by atoms with Crippen molar-refractivity contribution >= 4 is 11.6 Å². The third kappa shape index (κ3) is 4.30. The van der Waals surface area contributed by atoms with Gasteiger partial charge in [-0.1, -0.05) is 26.0 Å². The average molecular weight is 353 g/mol. The smallest absolute Gasteiger partial charge is 0.248 e. The first-order valence-corrected chi connectivity index (χ1v) is 8.48. The van der Waals surface area contributed by atoms with Crippen LogP contribution in [0.4, 0.5) is 10.1 Å². The van der Waals surface area contributed by atoms with E-state index in [-0.39, 0.29) is 18.3 Å². The average Bonchev–Trinajstić information content (AvgIpc) is 3.10. The molecule has 3 aromatic rings. The van der Waals surface area contributed by atoms with Crippen LogP contribution in [0.3, 0.4) is 0 Å². The van der Waals surface area contributed by atoms with Gasteiger partial charge in [0, 0.05) is 11.3 Å². The lowest BCUT2D eigenvalue weighted by atomic mass is 9.99. The van der Waals surface area contributed by atoms with Crippen LogP contribution in [-0.2, 0) is 11.3 Å². The van der Waals surface area contributed by atoms with Crippen molar-refractivity contribution in [2.45, 2.75) is 32.7 Å². The van der Waals surface area contributed by atoms with Crippen LogP contribution in [-0.4, -0.2) is 26.1 Å². The fourth-order valence-electron chi connectivity index (χ4n) is 2.48. The van der Waals surface area contributed by atoms with Gasteiger partial charge in [0.15, 0.2) is 0 Å². The summed E-state index contributed by atoms with van der Waals surface area (Å²) in [5, 5.41) is 14.7. The zero-order chi connectivity index (χ0) is 18.5. The van der Waals surface area contributed by atoms with Gasteiger partial charge in [0.2, 0.25) is 11.7 Å². The van der Waals surface area contributed by atoms with Crippen LogP contribution in [0, 0.1) is 5.82 Å². The lowest BCUT2D eigenvalue weighted by Crippen LogP contribution is -2.20. The molecule has 0 fully saturated rings. The highest BCUT2D eigenvalue weighted by molar-refractivity contribution is 5.90. The summed E-state index contributed by atoms with van der Waals surface area (Å²) in [5.41, 5.74) is 2.60. The molecule has 6 nitrogen and oxygen atoms in total. The van der Waals surface area contributed by atoms with E-state index in [0.29, 0.717) is 17.3 Å². The molecule has 1 amide bonds. The van der Waals surface area contributed by atoms with E-state index in [1.54, 1.807) is 12.1 Å². The van der Waals surface area contributed by atoms with E-state index in [2.05, 4.69) is 34.6 Å². The Labute approximate surface area is 151 Å². The van der Waals surface area contributed by atoms with Crippen molar-refractivity contribution in [3.05, 3.63) is 59.9 Å². The van der Waals surface area contributed by atoms with Crippen LogP contribution in [0.25, 0.3) is 11.4 Å². The van der Waals surface area contributed by atoms with Crippen LogP contribution in [0.5, 0.6) is 0 Å². The molecular formula is C19H20FN5O. The van der Waals surface area contributed by atoms with E-state index in [1.807, 2.05) is 24.3 Å². The Hall–Kier alpha value is -3.09. The first-order chi connectivity index (χ1) is 12.5. The van der Waals surface area contributed by atoms with Crippen LogP contribution in [0.15, 0.2) is 48.5 Å². The quantitative estimate of drug-likeness (QED) is 0.734. The molecule has 1 heterocycles. The molecule has 7 heteroatoms. The topological polar surface area (TPSA) is 72.7 Å². The highest BCUT2D eigenvalue weighted by Crippen LogP contribution is 2.20. The molecule has 3 rings (SSSR count). The highest BCUT2D eigenvalue weighted by atomic mass is 19.1. The summed E-state index contributed by atoms with van der Waals surface area (Å²) in [6.07, 6.45) is 1.07. The molecule has 134 valence electrons. The largest absolute Gasteiger partial charge is 0.324 e. The van der Waals surface area contributed by atoms with E-state index < -0.39 is 0 Å². The Morgan fingerprint density at radius 3 is 2.50 bits per heavy atom. The monoisotopic (exact) mass is 353 g/mol. The van der Waals surface area contributed by atoms with E-state index in [4.69, 9.17) is 0 Å². The number of anilines is 1. The third-order valence-corrected chi connectivity index (χ3v) is 4.22. The van der Waals surface area contributed by atoms with E-state index >= 15 is 0 Å². The molecule has 1 atom stereocenters. The molecule has 1 unspecified atom stereocenters. The Bertz CT molecular complexity index is 874. The summed E-state index contributed by atoms with van der Waals surface area (Å²) in [4.78, 5) is 13.4. The lowest BCUT2D eigenvalue weighted by Gasteiger charge is -2.10. The first kappa shape index (κ1) is 17.7. The van der Waals surface area contributed by atoms with Gasteiger partial charge < -0.3 is 5.32 Å². The minimum atomic E-state index is -0.333. The maximum absolute atomic E-state index is 13.0. The van der Waals surface area contributed by atoms with Crippen molar-refractivity contribution in [2.75, 3.05) is 5.32 Å². The number of tetrazole rings is 1. The van der Waals surface area contributed by atoms with Crippen molar-refractivity contribution in [3.8, 4) is 11.4 Å². The number of rotatable bonds is 6. The van der Waals surface area contributed by atoms with Crippen molar-refractivity contribution in [1.82, 2.24) is 20.2 Å². The van der Waals surface area contributed by atoms with Crippen LogP contribution in [0.1, 0.15) is 31.7 Å². The molecule has 2 aromatic carbocycles. The number of nitrogens with zero attached hydrogens (tertiary/aromatic N) is 4. The summed E-state index contributed by atoms with van der Waals surface area (Å²) in [6, 6.07) is 13.6. The molecule has 0 bridgehead atoms. The van der Waals surface area contributed by atoms with Gasteiger partial charge in [-0.05, 0) is 59.5 Å². The second-order valence-electron chi connectivity index (χ2n) is 6.13. The van der Waals surface area contributed by atoms with Gasteiger partial charge >= 0.3 is 0 Å². The van der Waals surface area contributed by atoms with Crippen LogP contribution < -0.4 is 5.32 Å². The van der Waals surface area contributed by atoms with Crippen LogP contribution in [0.2, 0.25) is 0 Å². The lowest BCUT2D eigenvalue weighted by molar-refractivity contribution is -0.117. The van der Waals surface area contributed by atoms with E-state index in [0.717, 1.165) is 12.1 Å². The van der Waals surface area contributed by atoms with E-state index in [1.165, 1.54) is 22.5 Å². The minimum absolute atomic E-state index is 0.0543. The number of carbonyl (C=O) groups is 1. The van der Waals surface area contributed by atoms with Gasteiger partial charge in [0.25, 0.3) is 0 Å². The summed E-state index contributed by atoms with van der Waals surface area (Å²) in [6.45, 7) is 4.26. The molecule has 0 aliphatic carbocycles. The molecule has 26 heavy (non-hydrogen) atoms. The Balaban J connectivity index is 1.61. The predicted molar refractivity (Wildman–Crippen MR) is 97.0 cm³/mol. The number of hydrogen-bond acceptors (Lipinski definition) is 4. The molecular weight excluding hydrogens is 333 g/mol. The second kappa shape index (κ2) is 7.86. The fourth-order valence-corrected chi connectivity index (χ4v) is 2.48. The summed E-state index contributed by atoms with van der Waals surface area (Å²) < 4.78 is 13.0. The molecule has 0 saturated carbocycles. The summed E-state index contributed by atoms with van der Waals surface area (Å²) in [5.74, 6) is 0.254. The number of aromatic nitrogens is 4. The summed E-state index contributed by atoms with van der Waals surface area (Å²) in [7, 11) is 0. The minimum Gasteiger partial charge on any atom is -0.324 e. The SMILES string of the molecule is CCC(C)c1ccc(NC(=O)Cn2nnc(-c3ccc(F)cc3)n2)cc1. The number of halogens is 1. The standard InChI is InChI=1S/C19H20FN5O/c1-3-13(2)14-6-10-17(11-7-14)21-18(26)12-25-23-19(22-24-25)15-4-8-16(20)9-5-15/h4-11,13H,3,12H2,1-2H3,(H,21,26). The van der Waals surface area contributed by atoms with Crippen molar-refractivity contribution in [2.24, 2.45) is 0 Å². The predicted octanol–water partition coefficient (Wildman–Crippen LogP) is 3.63. The Morgan fingerprint density at radius 2 is 1.85 bits per heavy atom. The molecule has 0 aliphatic heterocycles. The normalized spacial score (nSPS) is 12.0. The van der Waals surface area contributed by atoms with E-state index in [9.17, 15) is 9.18 Å². The molecule has 1 N–H and O–H groups in total. The maximum Gasteiger partial charge on any atom is 0.248 e. The number of amides is 1.